The van der Waals surface area contributed by atoms with Crippen LogP contribution >= 0.6 is 12.6 Å². The number of carbonyl (C=O) groups excluding carboxylic acids is 1. The Morgan fingerprint density at radius 3 is 2.09 bits per heavy atom. The predicted octanol–water partition coefficient (Wildman–Crippen LogP) is 5.18. The predicted molar refractivity (Wildman–Crippen MR) is 95.2 cm³/mol. The monoisotopic (exact) mass is 324 g/mol. The second kappa shape index (κ2) is 10.4. The number of hydrogen-bond donors (Lipinski definition) is 1. The van der Waals surface area contributed by atoms with Gasteiger partial charge in [-0.1, -0.05) is 57.1 Å². The Hall–Kier alpha value is -0.440. The molecule has 2 bridgehead atoms. The minimum absolute atomic E-state index is 0.0565. The lowest BCUT2D eigenvalue weighted by atomic mass is 9.94. The highest BCUT2D eigenvalue weighted by molar-refractivity contribution is 7.80. The number of rotatable bonds is 12. The van der Waals surface area contributed by atoms with Crippen LogP contribution in [0.25, 0.3) is 0 Å². The fraction of sp³-hybridized carbons (Fsp3) is 0.842. The van der Waals surface area contributed by atoms with E-state index in [1.165, 1.54) is 57.8 Å². The fourth-order valence-corrected chi connectivity index (χ4v) is 4.01. The molecular formula is C19H32O2S. The minimum Gasteiger partial charge on any atom is -0.465 e. The van der Waals surface area contributed by atoms with Gasteiger partial charge >= 0.3 is 5.97 Å². The summed E-state index contributed by atoms with van der Waals surface area (Å²) < 4.78 is 5.47. The number of thiol groups is 1. The fourth-order valence-electron chi connectivity index (χ4n) is 3.78. The summed E-state index contributed by atoms with van der Waals surface area (Å²) >= 11 is 4.23. The molecule has 1 fully saturated rings. The van der Waals surface area contributed by atoms with Gasteiger partial charge in [0.2, 0.25) is 0 Å². The maximum Gasteiger partial charge on any atom is 0.309 e. The molecule has 0 aromatic heterocycles. The van der Waals surface area contributed by atoms with Crippen molar-refractivity contribution in [2.75, 3.05) is 12.4 Å². The Kier molecular flexibility index (Phi) is 8.43. The minimum atomic E-state index is 0.0565. The lowest BCUT2D eigenvalue weighted by Crippen LogP contribution is -2.21. The Bertz CT molecular complexity index is 353. The van der Waals surface area contributed by atoms with Crippen molar-refractivity contribution < 1.29 is 9.53 Å². The van der Waals surface area contributed by atoms with E-state index in [-0.39, 0.29) is 11.9 Å². The van der Waals surface area contributed by atoms with Gasteiger partial charge in [-0.2, -0.15) is 12.6 Å². The molecule has 1 saturated carbocycles. The van der Waals surface area contributed by atoms with Crippen LogP contribution in [0, 0.1) is 17.8 Å². The first-order valence-electron chi connectivity index (χ1n) is 9.27. The average molecular weight is 325 g/mol. The molecule has 0 aromatic carbocycles. The Morgan fingerprint density at radius 2 is 1.55 bits per heavy atom. The summed E-state index contributed by atoms with van der Waals surface area (Å²) in [5, 5.41) is 0. The summed E-state index contributed by atoms with van der Waals surface area (Å²) in [4.78, 5) is 12.0. The third-order valence-electron chi connectivity index (χ3n) is 5.13. The third-order valence-corrected chi connectivity index (χ3v) is 5.44. The van der Waals surface area contributed by atoms with Gasteiger partial charge in [0.25, 0.3) is 0 Å². The lowest BCUT2D eigenvalue weighted by Gasteiger charge is -2.16. The number of ether oxygens (including phenoxy) is 1. The molecule has 0 spiro atoms. The Balaban J connectivity index is 1.37. The van der Waals surface area contributed by atoms with E-state index >= 15 is 0 Å². The Labute approximate surface area is 141 Å². The van der Waals surface area contributed by atoms with Crippen molar-refractivity contribution in [1.29, 1.82) is 0 Å². The molecule has 2 aliphatic rings. The van der Waals surface area contributed by atoms with Crippen molar-refractivity contribution in [3.05, 3.63) is 12.2 Å². The van der Waals surface area contributed by atoms with E-state index in [1.807, 2.05) is 0 Å². The van der Waals surface area contributed by atoms with Crippen LogP contribution in [-0.4, -0.2) is 18.3 Å². The highest BCUT2D eigenvalue weighted by Gasteiger charge is 2.40. The maximum absolute atomic E-state index is 12.0. The summed E-state index contributed by atoms with van der Waals surface area (Å²) in [6, 6.07) is 0. The zero-order valence-electron chi connectivity index (χ0n) is 13.8. The quantitative estimate of drug-likeness (QED) is 0.232. The number of allylic oxidation sites excluding steroid dienone is 2. The molecule has 0 amide bonds. The molecule has 2 nitrogen and oxygen atoms in total. The molecule has 2 rings (SSSR count). The van der Waals surface area contributed by atoms with E-state index in [0.29, 0.717) is 18.4 Å². The molecule has 3 atom stereocenters. The molecule has 0 heterocycles. The van der Waals surface area contributed by atoms with Crippen molar-refractivity contribution in [2.24, 2.45) is 17.8 Å². The second-order valence-electron chi connectivity index (χ2n) is 6.96. The SMILES string of the molecule is O=C(OCCCCCCCCCCCS)C1CC2C=CC1C2. The van der Waals surface area contributed by atoms with Crippen LogP contribution in [0.15, 0.2) is 12.2 Å². The van der Waals surface area contributed by atoms with Gasteiger partial charge in [-0.25, -0.2) is 0 Å². The average Bonchev–Trinajstić information content (AvgIpc) is 3.15. The lowest BCUT2D eigenvalue weighted by molar-refractivity contribution is -0.149. The topological polar surface area (TPSA) is 26.3 Å². The van der Waals surface area contributed by atoms with Gasteiger partial charge in [-0.15, -0.1) is 0 Å². The van der Waals surface area contributed by atoms with Gasteiger partial charge < -0.3 is 4.74 Å². The molecule has 0 saturated heterocycles. The molecule has 0 N–H and O–H groups in total. The van der Waals surface area contributed by atoms with Crippen LogP contribution in [-0.2, 0) is 9.53 Å². The highest BCUT2D eigenvalue weighted by Crippen LogP contribution is 2.43. The van der Waals surface area contributed by atoms with Crippen LogP contribution < -0.4 is 0 Å². The highest BCUT2D eigenvalue weighted by atomic mass is 32.1. The summed E-state index contributed by atoms with van der Waals surface area (Å²) in [7, 11) is 0. The van der Waals surface area contributed by atoms with Gasteiger partial charge in [0.05, 0.1) is 12.5 Å². The van der Waals surface area contributed by atoms with Crippen LogP contribution in [0.2, 0.25) is 0 Å². The number of esters is 1. The normalized spacial score (nSPS) is 25.8. The number of carbonyl (C=O) groups is 1. The van der Waals surface area contributed by atoms with Crippen molar-refractivity contribution in [2.45, 2.75) is 70.6 Å². The third kappa shape index (κ3) is 5.98. The summed E-state index contributed by atoms with van der Waals surface area (Å²) in [6.07, 6.45) is 18.2. The summed E-state index contributed by atoms with van der Waals surface area (Å²) in [5.74, 6) is 2.36. The van der Waals surface area contributed by atoms with Crippen molar-refractivity contribution >= 4 is 18.6 Å². The summed E-state index contributed by atoms with van der Waals surface area (Å²) in [6.45, 7) is 0.623. The van der Waals surface area contributed by atoms with Crippen LogP contribution in [0.4, 0.5) is 0 Å². The molecule has 0 radical (unpaired) electrons. The van der Waals surface area contributed by atoms with Crippen LogP contribution in [0.1, 0.15) is 70.6 Å². The van der Waals surface area contributed by atoms with Gasteiger partial charge in [-0.05, 0) is 43.3 Å². The van der Waals surface area contributed by atoms with E-state index in [2.05, 4.69) is 24.8 Å². The molecule has 126 valence electrons. The molecule has 2 aliphatic carbocycles. The van der Waals surface area contributed by atoms with Crippen molar-refractivity contribution in [3.8, 4) is 0 Å². The zero-order valence-corrected chi connectivity index (χ0v) is 14.7. The summed E-state index contributed by atoms with van der Waals surface area (Å²) in [5.41, 5.74) is 0. The van der Waals surface area contributed by atoms with Gasteiger partial charge in [0.1, 0.15) is 0 Å². The molecular weight excluding hydrogens is 292 g/mol. The second-order valence-corrected chi connectivity index (χ2v) is 7.41. The molecule has 3 unspecified atom stereocenters. The maximum atomic E-state index is 12.0. The van der Waals surface area contributed by atoms with Gasteiger partial charge in [-0.3, -0.25) is 4.79 Å². The van der Waals surface area contributed by atoms with E-state index in [1.54, 1.807) is 0 Å². The Morgan fingerprint density at radius 1 is 0.909 bits per heavy atom. The number of fused-ring (bicyclic) bond motifs is 2. The number of hydrogen-bond acceptors (Lipinski definition) is 3. The van der Waals surface area contributed by atoms with Crippen LogP contribution in [0.5, 0.6) is 0 Å². The standard InChI is InChI=1S/C19H32O2S/c20-19(18-15-16-10-11-17(18)14-16)21-12-8-6-4-2-1-3-5-7-9-13-22/h10-11,16-18,22H,1-9,12-15H2. The van der Waals surface area contributed by atoms with Crippen molar-refractivity contribution in [3.63, 3.8) is 0 Å². The zero-order chi connectivity index (χ0) is 15.6. The molecule has 0 aliphatic heterocycles. The first kappa shape index (κ1) is 17.9. The smallest absolute Gasteiger partial charge is 0.309 e. The molecule has 3 heteroatoms. The van der Waals surface area contributed by atoms with Crippen molar-refractivity contribution in [1.82, 2.24) is 0 Å². The largest absolute Gasteiger partial charge is 0.465 e. The molecule has 22 heavy (non-hydrogen) atoms. The van der Waals surface area contributed by atoms with Gasteiger partial charge in [0, 0.05) is 0 Å². The van der Waals surface area contributed by atoms with Gasteiger partial charge in [0.15, 0.2) is 0 Å². The number of unbranched alkanes of at least 4 members (excludes halogenated alkanes) is 8. The van der Waals surface area contributed by atoms with E-state index in [9.17, 15) is 4.79 Å². The first-order valence-corrected chi connectivity index (χ1v) is 9.90. The van der Waals surface area contributed by atoms with E-state index < -0.39 is 0 Å². The van der Waals surface area contributed by atoms with E-state index in [4.69, 9.17) is 4.74 Å². The van der Waals surface area contributed by atoms with E-state index in [0.717, 1.165) is 18.6 Å². The molecule has 0 aromatic rings. The first-order chi connectivity index (χ1) is 10.8. The van der Waals surface area contributed by atoms with Crippen LogP contribution in [0.3, 0.4) is 0 Å².